The SMILES string of the molecule is CC(C)(C)NCc1cncn1C1CCS(=O)(=O)C1. The van der Waals surface area contributed by atoms with Crippen LogP contribution in [0, 0.1) is 0 Å². The van der Waals surface area contributed by atoms with Crippen LogP contribution in [0.3, 0.4) is 0 Å². The van der Waals surface area contributed by atoms with Crippen LogP contribution >= 0.6 is 0 Å². The molecule has 1 aromatic rings. The van der Waals surface area contributed by atoms with E-state index in [1.807, 2.05) is 10.8 Å². The summed E-state index contributed by atoms with van der Waals surface area (Å²) in [5.74, 6) is 0.536. The quantitative estimate of drug-likeness (QED) is 0.895. The Bertz CT molecular complexity index is 514. The second kappa shape index (κ2) is 4.66. The summed E-state index contributed by atoms with van der Waals surface area (Å²) in [6.45, 7) is 7.02. The first-order chi connectivity index (χ1) is 8.27. The zero-order chi connectivity index (χ0) is 13.4. The molecule has 18 heavy (non-hydrogen) atoms. The Kier molecular flexibility index (Phi) is 3.51. The maximum Gasteiger partial charge on any atom is 0.152 e. The molecule has 1 aromatic heterocycles. The predicted molar refractivity (Wildman–Crippen MR) is 71.1 cm³/mol. The lowest BCUT2D eigenvalue weighted by atomic mass is 10.1. The van der Waals surface area contributed by atoms with Crippen molar-refractivity contribution < 1.29 is 8.42 Å². The molecular weight excluding hydrogens is 250 g/mol. The highest BCUT2D eigenvalue weighted by Gasteiger charge is 2.30. The van der Waals surface area contributed by atoms with E-state index in [0.29, 0.717) is 18.7 Å². The number of rotatable bonds is 3. The van der Waals surface area contributed by atoms with Gasteiger partial charge in [-0.15, -0.1) is 0 Å². The van der Waals surface area contributed by atoms with Gasteiger partial charge in [-0.3, -0.25) is 0 Å². The van der Waals surface area contributed by atoms with E-state index in [2.05, 4.69) is 31.1 Å². The molecule has 5 nitrogen and oxygen atoms in total. The summed E-state index contributed by atoms with van der Waals surface area (Å²) >= 11 is 0. The lowest BCUT2D eigenvalue weighted by molar-refractivity contribution is 0.409. The third-order valence-corrected chi connectivity index (χ3v) is 4.90. The van der Waals surface area contributed by atoms with E-state index in [-0.39, 0.29) is 17.3 Å². The van der Waals surface area contributed by atoms with Crippen LogP contribution < -0.4 is 5.32 Å². The first-order valence-corrected chi connectivity index (χ1v) is 8.05. The van der Waals surface area contributed by atoms with Gasteiger partial charge in [0.15, 0.2) is 9.84 Å². The highest BCUT2D eigenvalue weighted by Crippen LogP contribution is 2.24. The molecule has 1 atom stereocenters. The minimum atomic E-state index is -2.85. The minimum Gasteiger partial charge on any atom is -0.329 e. The molecule has 0 radical (unpaired) electrons. The normalized spacial score (nSPS) is 23.4. The summed E-state index contributed by atoms with van der Waals surface area (Å²) in [5, 5.41) is 3.40. The lowest BCUT2D eigenvalue weighted by Gasteiger charge is -2.22. The van der Waals surface area contributed by atoms with Crippen LogP contribution in [0.5, 0.6) is 0 Å². The van der Waals surface area contributed by atoms with Gasteiger partial charge in [-0.1, -0.05) is 0 Å². The fourth-order valence-corrected chi connectivity index (χ4v) is 3.86. The summed E-state index contributed by atoms with van der Waals surface area (Å²) in [6.07, 6.45) is 4.25. The molecule has 1 saturated heterocycles. The van der Waals surface area contributed by atoms with Crippen molar-refractivity contribution in [3.8, 4) is 0 Å². The summed E-state index contributed by atoms with van der Waals surface area (Å²) in [4.78, 5) is 4.14. The van der Waals surface area contributed by atoms with E-state index in [1.54, 1.807) is 6.33 Å². The monoisotopic (exact) mass is 271 g/mol. The number of imidazole rings is 1. The number of sulfone groups is 1. The van der Waals surface area contributed by atoms with Gasteiger partial charge in [0.05, 0.1) is 23.5 Å². The van der Waals surface area contributed by atoms with Gasteiger partial charge in [0.2, 0.25) is 0 Å². The highest BCUT2D eigenvalue weighted by atomic mass is 32.2. The smallest absolute Gasteiger partial charge is 0.152 e. The Morgan fingerprint density at radius 1 is 1.50 bits per heavy atom. The van der Waals surface area contributed by atoms with Gasteiger partial charge < -0.3 is 9.88 Å². The first kappa shape index (κ1) is 13.5. The van der Waals surface area contributed by atoms with Crippen LogP contribution in [0.15, 0.2) is 12.5 Å². The molecule has 2 heterocycles. The van der Waals surface area contributed by atoms with Gasteiger partial charge in [0.1, 0.15) is 0 Å². The van der Waals surface area contributed by atoms with E-state index in [4.69, 9.17) is 0 Å². The molecule has 0 saturated carbocycles. The highest BCUT2D eigenvalue weighted by molar-refractivity contribution is 7.91. The molecule has 0 aromatic carbocycles. The number of nitrogens with zero attached hydrogens (tertiary/aromatic N) is 2. The Balaban J connectivity index is 2.09. The van der Waals surface area contributed by atoms with E-state index in [1.165, 1.54) is 0 Å². The standard InChI is InChI=1S/C12H21N3O2S/c1-12(2,3)14-7-11-6-13-9-15(11)10-4-5-18(16,17)8-10/h6,9-10,14H,4-5,7-8H2,1-3H3. The van der Waals surface area contributed by atoms with E-state index < -0.39 is 9.84 Å². The molecule has 0 bridgehead atoms. The summed E-state index contributed by atoms with van der Waals surface area (Å²) in [6, 6.07) is 0.0502. The van der Waals surface area contributed by atoms with E-state index in [9.17, 15) is 8.42 Å². The summed E-state index contributed by atoms with van der Waals surface area (Å²) in [5.41, 5.74) is 1.09. The zero-order valence-corrected chi connectivity index (χ0v) is 12.0. The van der Waals surface area contributed by atoms with Crippen LogP contribution in [0.2, 0.25) is 0 Å². The summed E-state index contributed by atoms with van der Waals surface area (Å²) < 4.78 is 25.0. The molecule has 102 valence electrons. The molecule has 1 aliphatic rings. The zero-order valence-electron chi connectivity index (χ0n) is 11.2. The van der Waals surface area contributed by atoms with Gasteiger partial charge in [0, 0.05) is 24.3 Å². The topological polar surface area (TPSA) is 64.0 Å². The summed E-state index contributed by atoms with van der Waals surface area (Å²) in [7, 11) is -2.85. The third kappa shape index (κ3) is 3.32. The van der Waals surface area contributed by atoms with Gasteiger partial charge >= 0.3 is 0 Å². The van der Waals surface area contributed by atoms with Crippen LogP contribution in [0.4, 0.5) is 0 Å². The number of nitrogens with one attached hydrogen (secondary N) is 1. The maximum atomic E-state index is 11.5. The molecule has 2 rings (SSSR count). The van der Waals surface area contributed by atoms with Crippen molar-refractivity contribution in [3.05, 3.63) is 18.2 Å². The second-order valence-electron chi connectivity index (χ2n) is 5.95. The number of hydrogen-bond donors (Lipinski definition) is 1. The molecule has 1 fully saturated rings. The van der Waals surface area contributed by atoms with Crippen molar-refractivity contribution >= 4 is 9.84 Å². The minimum absolute atomic E-state index is 0.0385. The lowest BCUT2D eigenvalue weighted by Crippen LogP contribution is -2.35. The maximum absolute atomic E-state index is 11.5. The molecule has 1 unspecified atom stereocenters. The second-order valence-corrected chi connectivity index (χ2v) is 8.18. The molecular formula is C12H21N3O2S. The molecule has 0 aliphatic carbocycles. The molecule has 0 amide bonds. The van der Waals surface area contributed by atoms with E-state index in [0.717, 1.165) is 5.69 Å². The van der Waals surface area contributed by atoms with Gasteiger partial charge in [-0.05, 0) is 27.2 Å². The van der Waals surface area contributed by atoms with E-state index >= 15 is 0 Å². The molecule has 1 aliphatic heterocycles. The van der Waals surface area contributed by atoms with Gasteiger partial charge in [-0.2, -0.15) is 0 Å². The van der Waals surface area contributed by atoms with Crippen LogP contribution in [-0.2, 0) is 16.4 Å². The van der Waals surface area contributed by atoms with Crippen molar-refractivity contribution in [1.82, 2.24) is 14.9 Å². The molecule has 0 spiro atoms. The number of hydrogen-bond acceptors (Lipinski definition) is 4. The van der Waals surface area contributed by atoms with Gasteiger partial charge in [0.25, 0.3) is 0 Å². The fraction of sp³-hybridized carbons (Fsp3) is 0.750. The van der Waals surface area contributed by atoms with Gasteiger partial charge in [-0.25, -0.2) is 13.4 Å². The Morgan fingerprint density at radius 2 is 2.22 bits per heavy atom. The molecule has 1 N–H and O–H groups in total. The average molecular weight is 271 g/mol. The van der Waals surface area contributed by atoms with Crippen LogP contribution in [-0.4, -0.2) is 35.0 Å². The predicted octanol–water partition coefficient (Wildman–Crippen LogP) is 1.13. The van der Waals surface area contributed by atoms with Crippen LogP contribution in [0.1, 0.15) is 38.9 Å². The van der Waals surface area contributed by atoms with Crippen molar-refractivity contribution in [2.75, 3.05) is 11.5 Å². The average Bonchev–Trinajstić information content (AvgIpc) is 2.79. The fourth-order valence-electron chi connectivity index (χ4n) is 2.15. The van der Waals surface area contributed by atoms with Crippen LogP contribution in [0.25, 0.3) is 0 Å². The Labute approximate surface area is 109 Å². The third-order valence-electron chi connectivity index (χ3n) is 3.15. The van der Waals surface area contributed by atoms with Crippen molar-refractivity contribution in [1.29, 1.82) is 0 Å². The van der Waals surface area contributed by atoms with Crippen molar-refractivity contribution in [2.45, 2.75) is 45.3 Å². The Hall–Kier alpha value is -0.880. The van der Waals surface area contributed by atoms with Crippen molar-refractivity contribution in [2.24, 2.45) is 0 Å². The Morgan fingerprint density at radius 3 is 2.78 bits per heavy atom. The first-order valence-electron chi connectivity index (χ1n) is 6.23. The largest absolute Gasteiger partial charge is 0.329 e. The van der Waals surface area contributed by atoms with Crippen molar-refractivity contribution in [3.63, 3.8) is 0 Å². The number of aromatic nitrogens is 2. The molecule has 6 heteroatoms.